The molecule has 0 radical (unpaired) electrons. The zero-order valence-electron chi connectivity index (χ0n) is 10.7. The molecule has 0 amide bonds. The van der Waals surface area contributed by atoms with Crippen LogP contribution in [0.4, 0.5) is 0 Å². The van der Waals surface area contributed by atoms with E-state index < -0.39 is 0 Å². The molecule has 0 bridgehead atoms. The third kappa shape index (κ3) is 4.19. The summed E-state index contributed by atoms with van der Waals surface area (Å²) < 4.78 is 5.71. The highest BCUT2D eigenvalue weighted by Gasteiger charge is 2.03. The molecule has 0 aliphatic rings. The van der Waals surface area contributed by atoms with Crippen molar-refractivity contribution in [1.29, 1.82) is 0 Å². The van der Waals surface area contributed by atoms with Crippen molar-refractivity contribution in [2.24, 2.45) is 0 Å². The first-order chi connectivity index (χ1) is 7.63. The average Bonchev–Trinajstić information content (AvgIpc) is 2.25. The molecule has 0 aliphatic heterocycles. The smallest absolute Gasteiger partial charge is 0.140 e. The molecule has 0 saturated carbocycles. The fourth-order valence-electron chi connectivity index (χ4n) is 1.49. The van der Waals surface area contributed by atoms with E-state index in [1.165, 1.54) is 0 Å². The molecule has 3 nitrogen and oxygen atoms in total. The maximum absolute atomic E-state index is 5.71. The summed E-state index contributed by atoms with van der Waals surface area (Å²) in [5.74, 6) is 0.915. The van der Waals surface area contributed by atoms with E-state index in [-0.39, 0.29) is 0 Å². The summed E-state index contributed by atoms with van der Waals surface area (Å²) in [5.41, 5.74) is 2.09. The number of pyridine rings is 1. The molecule has 0 spiro atoms. The summed E-state index contributed by atoms with van der Waals surface area (Å²) in [7, 11) is 0. The first kappa shape index (κ1) is 13.0. The van der Waals surface area contributed by atoms with Crippen molar-refractivity contribution < 1.29 is 4.74 Å². The van der Waals surface area contributed by atoms with E-state index in [4.69, 9.17) is 4.74 Å². The van der Waals surface area contributed by atoms with Crippen molar-refractivity contribution in [2.75, 3.05) is 13.2 Å². The van der Waals surface area contributed by atoms with E-state index in [0.29, 0.717) is 12.6 Å². The van der Waals surface area contributed by atoms with Crippen LogP contribution >= 0.6 is 0 Å². The summed E-state index contributed by atoms with van der Waals surface area (Å²) >= 11 is 0. The molecule has 1 heterocycles. The average molecular weight is 222 g/mol. The van der Waals surface area contributed by atoms with Gasteiger partial charge in [0.25, 0.3) is 0 Å². The van der Waals surface area contributed by atoms with Crippen LogP contribution in [0.3, 0.4) is 0 Å². The Morgan fingerprint density at radius 3 is 2.75 bits per heavy atom. The molecule has 0 fully saturated rings. The molecule has 16 heavy (non-hydrogen) atoms. The molecule has 1 rings (SSSR count). The van der Waals surface area contributed by atoms with Crippen LogP contribution in [0.15, 0.2) is 12.1 Å². The molecule has 1 N–H and O–H groups in total. The second-order valence-corrected chi connectivity index (χ2v) is 4.21. The number of nitrogens with zero attached hydrogens (tertiary/aromatic N) is 1. The van der Waals surface area contributed by atoms with Crippen molar-refractivity contribution in [1.82, 2.24) is 10.3 Å². The molecule has 0 aromatic carbocycles. The Morgan fingerprint density at radius 1 is 1.38 bits per heavy atom. The van der Waals surface area contributed by atoms with Gasteiger partial charge in [-0.25, -0.2) is 0 Å². The lowest BCUT2D eigenvalue weighted by molar-refractivity contribution is 0.304. The number of aromatic nitrogens is 1. The maximum atomic E-state index is 5.71. The number of nitrogens with one attached hydrogen (secondary N) is 1. The minimum absolute atomic E-state index is 0.505. The summed E-state index contributed by atoms with van der Waals surface area (Å²) in [6, 6.07) is 4.51. The predicted octanol–water partition coefficient (Wildman–Crippen LogP) is 2.33. The van der Waals surface area contributed by atoms with Gasteiger partial charge in [0.1, 0.15) is 12.4 Å². The summed E-state index contributed by atoms with van der Waals surface area (Å²) in [6.45, 7) is 9.92. The Labute approximate surface area is 98.2 Å². The number of hydrogen-bond acceptors (Lipinski definition) is 3. The summed E-state index contributed by atoms with van der Waals surface area (Å²) in [4.78, 5) is 4.46. The Hall–Kier alpha value is -1.09. The van der Waals surface area contributed by atoms with E-state index in [0.717, 1.165) is 30.1 Å². The normalized spacial score (nSPS) is 10.8. The van der Waals surface area contributed by atoms with Gasteiger partial charge >= 0.3 is 0 Å². The van der Waals surface area contributed by atoms with Crippen LogP contribution in [0, 0.1) is 6.92 Å². The van der Waals surface area contributed by atoms with E-state index in [1.54, 1.807) is 0 Å². The lowest BCUT2D eigenvalue weighted by Gasteiger charge is -2.12. The molecule has 1 aromatic heterocycles. The monoisotopic (exact) mass is 222 g/mol. The van der Waals surface area contributed by atoms with Crippen molar-refractivity contribution in [3.63, 3.8) is 0 Å². The maximum Gasteiger partial charge on any atom is 0.140 e. The Bertz CT molecular complexity index is 324. The Morgan fingerprint density at radius 2 is 2.12 bits per heavy atom. The first-order valence-corrected chi connectivity index (χ1v) is 5.96. The fourth-order valence-corrected chi connectivity index (χ4v) is 1.49. The van der Waals surface area contributed by atoms with E-state index in [9.17, 15) is 0 Å². The quantitative estimate of drug-likeness (QED) is 0.750. The highest BCUT2D eigenvalue weighted by Crippen LogP contribution is 2.16. The van der Waals surface area contributed by atoms with Crippen molar-refractivity contribution in [3.05, 3.63) is 23.5 Å². The Kier molecular flexibility index (Phi) is 5.26. The van der Waals surface area contributed by atoms with Gasteiger partial charge in [-0.1, -0.05) is 20.8 Å². The molecule has 0 saturated heterocycles. The van der Waals surface area contributed by atoms with Gasteiger partial charge in [0.15, 0.2) is 0 Å². The van der Waals surface area contributed by atoms with E-state index in [2.05, 4.69) is 31.1 Å². The zero-order valence-corrected chi connectivity index (χ0v) is 10.7. The van der Waals surface area contributed by atoms with Gasteiger partial charge in [-0.3, -0.25) is 4.98 Å². The van der Waals surface area contributed by atoms with Crippen LogP contribution in [-0.2, 0) is 6.42 Å². The van der Waals surface area contributed by atoms with Crippen LogP contribution in [0.1, 0.15) is 32.2 Å². The molecule has 0 atom stereocenters. The van der Waals surface area contributed by atoms with Gasteiger partial charge in [0.2, 0.25) is 0 Å². The standard InChI is InChI=1S/C13H22N2O/c1-5-12-13(7-6-11(4)15-12)16-9-8-14-10(2)3/h6-7,10,14H,5,8-9H2,1-4H3. The van der Waals surface area contributed by atoms with Crippen LogP contribution in [0.25, 0.3) is 0 Å². The van der Waals surface area contributed by atoms with Gasteiger partial charge in [-0.15, -0.1) is 0 Å². The van der Waals surface area contributed by atoms with Crippen molar-refractivity contribution in [3.8, 4) is 5.75 Å². The topological polar surface area (TPSA) is 34.1 Å². The van der Waals surface area contributed by atoms with Crippen LogP contribution in [0.5, 0.6) is 5.75 Å². The van der Waals surface area contributed by atoms with Gasteiger partial charge in [0.05, 0.1) is 5.69 Å². The molecule has 0 unspecified atom stereocenters. The van der Waals surface area contributed by atoms with Gasteiger partial charge in [-0.05, 0) is 25.5 Å². The SMILES string of the molecule is CCc1nc(C)ccc1OCCNC(C)C. The lowest BCUT2D eigenvalue weighted by atomic mass is 10.2. The molecular weight excluding hydrogens is 200 g/mol. The second-order valence-electron chi connectivity index (χ2n) is 4.21. The van der Waals surface area contributed by atoms with E-state index in [1.807, 2.05) is 19.1 Å². The number of aryl methyl sites for hydroxylation is 2. The second kappa shape index (κ2) is 6.48. The predicted molar refractivity (Wildman–Crippen MR) is 67.0 cm³/mol. The first-order valence-electron chi connectivity index (χ1n) is 5.96. The molecule has 1 aromatic rings. The third-order valence-corrected chi connectivity index (χ3v) is 2.32. The minimum Gasteiger partial charge on any atom is -0.490 e. The van der Waals surface area contributed by atoms with Crippen molar-refractivity contribution in [2.45, 2.75) is 40.2 Å². The van der Waals surface area contributed by atoms with Crippen LogP contribution < -0.4 is 10.1 Å². The summed E-state index contributed by atoms with van der Waals surface area (Å²) in [5, 5.41) is 3.32. The number of rotatable bonds is 6. The fraction of sp³-hybridized carbons (Fsp3) is 0.615. The largest absolute Gasteiger partial charge is 0.490 e. The highest BCUT2D eigenvalue weighted by atomic mass is 16.5. The van der Waals surface area contributed by atoms with Gasteiger partial charge < -0.3 is 10.1 Å². The molecule has 0 aliphatic carbocycles. The van der Waals surface area contributed by atoms with E-state index >= 15 is 0 Å². The Balaban J connectivity index is 2.47. The van der Waals surface area contributed by atoms with Gasteiger partial charge in [-0.2, -0.15) is 0 Å². The van der Waals surface area contributed by atoms with Crippen molar-refractivity contribution >= 4 is 0 Å². The van der Waals surface area contributed by atoms with Gasteiger partial charge in [0, 0.05) is 18.3 Å². The molecule has 3 heteroatoms. The van der Waals surface area contributed by atoms with Crippen LogP contribution in [-0.4, -0.2) is 24.2 Å². The highest BCUT2D eigenvalue weighted by molar-refractivity contribution is 5.29. The number of ether oxygens (including phenoxy) is 1. The lowest BCUT2D eigenvalue weighted by Crippen LogP contribution is -2.27. The number of hydrogen-bond donors (Lipinski definition) is 1. The molecule has 90 valence electrons. The summed E-state index contributed by atoms with van der Waals surface area (Å²) in [6.07, 6.45) is 0.911. The third-order valence-electron chi connectivity index (χ3n) is 2.32. The zero-order chi connectivity index (χ0) is 12.0. The molecular formula is C13H22N2O. The minimum atomic E-state index is 0.505. The van der Waals surface area contributed by atoms with Crippen LogP contribution in [0.2, 0.25) is 0 Å².